The average Bonchev–Trinajstić information content (AvgIpc) is 2.38. The molecule has 106 valence electrons. The van der Waals surface area contributed by atoms with Crippen LogP contribution >= 0.6 is 15.9 Å². The fourth-order valence-electron chi connectivity index (χ4n) is 2.50. The molecule has 0 bridgehead atoms. The van der Waals surface area contributed by atoms with Crippen molar-refractivity contribution in [2.45, 2.75) is 26.7 Å². The van der Waals surface area contributed by atoms with Crippen molar-refractivity contribution < 1.29 is 0 Å². The number of aryl methyl sites for hydroxylation is 2. The number of nitrogens with zero attached hydrogens (tertiary/aromatic N) is 3. The fraction of sp³-hybridized carbons (Fsp3) is 0.400. The molecule has 0 aliphatic heterocycles. The minimum atomic E-state index is 0.390. The maximum absolute atomic E-state index is 4.64. The zero-order chi connectivity index (χ0) is 14.7. The van der Waals surface area contributed by atoms with Gasteiger partial charge in [0, 0.05) is 28.6 Å². The molecule has 2 aromatic rings. The second-order valence-corrected chi connectivity index (χ2v) is 5.78. The van der Waals surface area contributed by atoms with Crippen LogP contribution in [0.3, 0.4) is 0 Å². The molecule has 0 aromatic carbocycles. The highest BCUT2D eigenvalue weighted by Crippen LogP contribution is 2.27. The molecule has 1 atom stereocenters. The molecular weight excluding hydrogens is 316 g/mol. The number of pyridine rings is 1. The van der Waals surface area contributed by atoms with Crippen LogP contribution in [-0.2, 0) is 0 Å². The van der Waals surface area contributed by atoms with Gasteiger partial charge >= 0.3 is 0 Å². The second kappa shape index (κ2) is 6.41. The summed E-state index contributed by atoms with van der Waals surface area (Å²) in [5.41, 5.74) is 4.04. The summed E-state index contributed by atoms with van der Waals surface area (Å²) in [6.07, 6.45) is 1.76. The molecule has 0 radical (unpaired) electrons. The number of hydrogen-bond acceptors (Lipinski definition) is 4. The molecular formula is C15H19BrN4. The Labute approximate surface area is 128 Å². The van der Waals surface area contributed by atoms with Gasteiger partial charge in [-0.2, -0.15) is 0 Å². The molecule has 2 aromatic heterocycles. The summed E-state index contributed by atoms with van der Waals surface area (Å²) in [4.78, 5) is 13.6. The highest BCUT2D eigenvalue weighted by atomic mass is 79.9. The van der Waals surface area contributed by atoms with Gasteiger partial charge in [-0.05, 0) is 60.4 Å². The van der Waals surface area contributed by atoms with Crippen molar-refractivity contribution in [2.24, 2.45) is 0 Å². The van der Waals surface area contributed by atoms with E-state index in [-0.39, 0.29) is 0 Å². The van der Waals surface area contributed by atoms with Gasteiger partial charge in [-0.25, -0.2) is 9.97 Å². The number of hydrogen-bond donors (Lipinski definition) is 1. The molecule has 0 fully saturated rings. The number of likely N-dealkylation sites (N-methyl/N-ethyl adjacent to an activating group) is 1. The van der Waals surface area contributed by atoms with Crippen molar-refractivity contribution in [2.75, 3.05) is 13.6 Å². The summed E-state index contributed by atoms with van der Waals surface area (Å²) >= 11 is 3.50. The summed E-state index contributed by atoms with van der Waals surface area (Å²) in [6, 6.07) is 3.84. The van der Waals surface area contributed by atoms with Crippen molar-refractivity contribution in [3.63, 3.8) is 0 Å². The Kier molecular flexibility index (Phi) is 4.83. The van der Waals surface area contributed by atoms with E-state index in [2.05, 4.69) is 43.1 Å². The Morgan fingerprint density at radius 2 is 1.90 bits per heavy atom. The first-order chi connectivity index (χ1) is 9.54. The summed E-state index contributed by atoms with van der Waals surface area (Å²) in [7, 11) is 1.96. The standard InChI is InChI=1S/C15H19BrN4/c1-9(8-17-4)13-10(2)19-15(20-11(13)3)14-12(16)6-5-7-18-14/h5-7,9,17H,8H2,1-4H3. The van der Waals surface area contributed by atoms with Crippen molar-refractivity contribution in [3.8, 4) is 11.5 Å². The van der Waals surface area contributed by atoms with Crippen LogP contribution in [0.15, 0.2) is 22.8 Å². The highest BCUT2D eigenvalue weighted by molar-refractivity contribution is 9.10. The fourth-order valence-corrected chi connectivity index (χ4v) is 2.93. The Hall–Kier alpha value is -1.33. The van der Waals surface area contributed by atoms with E-state index in [9.17, 15) is 0 Å². The summed E-state index contributed by atoms with van der Waals surface area (Å²) in [5.74, 6) is 1.06. The molecule has 1 N–H and O–H groups in total. The second-order valence-electron chi connectivity index (χ2n) is 4.92. The minimum Gasteiger partial charge on any atom is -0.319 e. The van der Waals surface area contributed by atoms with Gasteiger partial charge in [0.1, 0.15) is 5.69 Å². The van der Waals surface area contributed by atoms with Gasteiger partial charge in [0.05, 0.1) is 0 Å². The van der Waals surface area contributed by atoms with E-state index in [0.29, 0.717) is 11.7 Å². The third-order valence-electron chi connectivity index (χ3n) is 3.30. The Balaban J connectivity index is 2.48. The molecule has 0 aliphatic carbocycles. The first-order valence-corrected chi connectivity index (χ1v) is 7.44. The quantitative estimate of drug-likeness (QED) is 0.932. The number of halogens is 1. The normalized spacial score (nSPS) is 12.4. The maximum atomic E-state index is 4.64. The van der Waals surface area contributed by atoms with E-state index < -0.39 is 0 Å². The number of aromatic nitrogens is 3. The van der Waals surface area contributed by atoms with Crippen LogP contribution in [0.2, 0.25) is 0 Å². The van der Waals surface area contributed by atoms with Crippen LogP contribution in [0.1, 0.15) is 29.8 Å². The van der Waals surface area contributed by atoms with Gasteiger partial charge in [-0.1, -0.05) is 6.92 Å². The van der Waals surface area contributed by atoms with Crippen LogP contribution in [0.5, 0.6) is 0 Å². The zero-order valence-electron chi connectivity index (χ0n) is 12.2. The van der Waals surface area contributed by atoms with Crippen LogP contribution in [0.4, 0.5) is 0 Å². The molecule has 0 saturated carbocycles. The van der Waals surface area contributed by atoms with E-state index in [0.717, 1.165) is 28.1 Å². The lowest BCUT2D eigenvalue weighted by Gasteiger charge is -2.17. The van der Waals surface area contributed by atoms with E-state index in [1.54, 1.807) is 6.20 Å². The molecule has 0 saturated heterocycles. The third-order valence-corrected chi connectivity index (χ3v) is 3.94. The van der Waals surface area contributed by atoms with E-state index in [4.69, 9.17) is 0 Å². The monoisotopic (exact) mass is 334 g/mol. The van der Waals surface area contributed by atoms with Crippen molar-refractivity contribution in [3.05, 3.63) is 39.8 Å². The summed E-state index contributed by atoms with van der Waals surface area (Å²) in [6.45, 7) is 7.18. The SMILES string of the molecule is CNCC(C)c1c(C)nc(-c2ncccc2Br)nc1C. The van der Waals surface area contributed by atoms with Gasteiger partial charge < -0.3 is 5.32 Å². The van der Waals surface area contributed by atoms with Crippen LogP contribution in [0, 0.1) is 13.8 Å². The summed E-state index contributed by atoms with van der Waals surface area (Å²) < 4.78 is 0.912. The van der Waals surface area contributed by atoms with Crippen molar-refractivity contribution in [1.82, 2.24) is 20.3 Å². The van der Waals surface area contributed by atoms with Gasteiger partial charge in [0.15, 0.2) is 5.82 Å². The van der Waals surface area contributed by atoms with Gasteiger partial charge in [0.2, 0.25) is 0 Å². The van der Waals surface area contributed by atoms with E-state index in [1.807, 2.05) is 33.0 Å². The highest BCUT2D eigenvalue weighted by Gasteiger charge is 2.16. The lowest BCUT2D eigenvalue weighted by atomic mass is 9.98. The Morgan fingerprint density at radius 3 is 2.45 bits per heavy atom. The van der Waals surface area contributed by atoms with Crippen LogP contribution < -0.4 is 5.32 Å². The smallest absolute Gasteiger partial charge is 0.179 e. The lowest BCUT2D eigenvalue weighted by molar-refractivity contribution is 0.662. The number of nitrogens with one attached hydrogen (secondary N) is 1. The van der Waals surface area contributed by atoms with Gasteiger partial charge in [0.25, 0.3) is 0 Å². The molecule has 0 spiro atoms. The zero-order valence-corrected chi connectivity index (χ0v) is 13.8. The topological polar surface area (TPSA) is 50.7 Å². The van der Waals surface area contributed by atoms with E-state index in [1.165, 1.54) is 5.56 Å². The van der Waals surface area contributed by atoms with Gasteiger partial charge in [-0.3, -0.25) is 4.98 Å². The van der Waals surface area contributed by atoms with Gasteiger partial charge in [-0.15, -0.1) is 0 Å². The van der Waals surface area contributed by atoms with Crippen LogP contribution in [-0.4, -0.2) is 28.5 Å². The molecule has 2 heterocycles. The predicted molar refractivity (Wildman–Crippen MR) is 84.8 cm³/mol. The first-order valence-electron chi connectivity index (χ1n) is 6.65. The molecule has 5 heteroatoms. The summed E-state index contributed by atoms with van der Waals surface area (Å²) in [5, 5.41) is 3.20. The molecule has 0 aliphatic rings. The third kappa shape index (κ3) is 3.04. The largest absolute Gasteiger partial charge is 0.319 e. The van der Waals surface area contributed by atoms with Crippen LogP contribution in [0.25, 0.3) is 11.5 Å². The Morgan fingerprint density at radius 1 is 1.25 bits per heavy atom. The van der Waals surface area contributed by atoms with Crippen molar-refractivity contribution in [1.29, 1.82) is 0 Å². The number of rotatable bonds is 4. The van der Waals surface area contributed by atoms with Crippen molar-refractivity contribution >= 4 is 15.9 Å². The Bertz CT molecular complexity index is 590. The predicted octanol–water partition coefficient (Wildman–Crippen LogP) is 3.24. The maximum Gasteiger partial charge on any atom is 0.179 e. The average molecular weight is 335 g/mol. The van der Waals surface area contributed by atoms with E-state index >= 15 is 0 Å². The molecule has 1 unspecified atom stereocenters. The molecule has 4 nitrogen and oxygen atoms in total. The molecule has 20 heavy (non-hydrogen) atoms. The molecule has 2 rings (SSSR count). The lowest BCUT2D eigenvalue weighted by Crippen LogP contribution is -2.17. The first kappa shape index (κ1) is 15.1. The minimum absolute atomic E-state index is 0.390. The molecule has 0 amide bonds.